The Morgan fingerprint density at radius 3 is 2.61 bits per heavy atom. The lowest BCUT2D eigenvalue weighted by Crippen LogP contribution is -2.00. The predicted octanol–water partition coefficient (Wildman–Crippen LogP) is 3.31. The Balaban J connectivity index is 1.74. The smallest absolute Gasteiger partial charge is 0.201 e. The van der Waals surface area contributed by atoms with Gasteiger partial charge in [-0.25, -0.2) is 9.37 Å². The van der Waals surface area contributed by atoms with E-state index in [4.69, 9.17) is 0 Å². The molecule has 0 aliphatic heterocycles. The quantitative estimate of drug-likeness (QED) is 0.738. The molecule has 0 saturated carbocycles. The van der Waals surface area contributed by atoms with Crippen molar-refractivity contribution >= 4 is 17.0 Å². The first-order chi connectivity index (χ1) is 8.81. The molecule has 3 nitrogen and oxygen atoms in total. The van der Waals surface area contributed by atoms with Gasteiger partial charge in [0, 0.05) is 6.54 Å². The minimum absolute atomic E-state index is 0.220. The Labute approximate surface area is 104 Å². The van der Waals surface area contributed by atoms with E-state index >= 15 is 0 Å². The van der Waals surface area contributed by atoms with Crippen LogP contribution in [0.4, 0.5) is 10.3 Å². The average molecular weight is 241 g/mol. The predicted molar refractivity (Wildman–Crippen MR) is 69.8 cm³/mol. The van der Waals surface area contributed by atoms with Crippen molar-refractivity contribution in [3.05, 3.63) is 59.9 Å². The van der Waals surface area contributed by atoms with Gasteiger partial charge in [-0.15, -0.1) is 0 Å². The Morgan fingerprint density at radius 1 is 1.06 bits per heavy atom. The molecule has 0 radical (unpaired) electrons. The van der Waals surface area contributed by atoms with E-state index in [1.54, 1.807) is 12.1 Å². The second-order valence-electron chi connectivity index (χ2n) is 4.08. The fourth-order valence-electron chi connectivity index (χ4n) is 1.82. The molecule has 4 heteroatoms. The Bertz CT molecular complexity index is 625. The van der Waals surface area contributed by atoms with E-state index in [1.807, 2.05) is 24.3 Å². The molecule has 0 bridgehead atoms. The van der Waals surface area contributed by atoms with E-state index < -0.39 is 0 Å². The van der Waals surface area contributed by atoms with Gasteiger partial charge in [0.25, 0.3) is 0 Å². The second-order valence-corrected chi connectivity index (χ2v) is 4.08. The molecule has 0 amide bonds. The van der Waals surface area contributed by atoms with E-state index in [1.165, 1.54) is 12.1 Å². The number of fused-ring (bicyclic) bond motifs is 1. The first-order valence-corrected chi connectivity index (χ1v) is 5.74. The first kappa shape index (κ1) is 10.8. The lowest BCUT2D eigenvalue weighted by atomic mass is 10.2. The summed E-state index contributed by atoms with van der Waals surface area (Å²) >= 11 is 0. The molecule has 2 aromatic carbocycles. The van der Waals surface area contributed by atoms with E-state index in [-0.39, 0.29) is 5.82 Å². The van der Waals surface area contributed by atoms with Crippen LogP contribution in [0.2, 0.25) is 0 Å². The molecule has 3 rings (SSSR count). The van der Waals surface area contributed by atoms with Crippen molar-refractivity contribution in [3.8, 4) is 0 Å². The van der Waals surface area contributed by atoms with Crippen molar-refractivity contribution < 1.29 is 4.39 Å². The molecule has 3 aromatic rings. The van der Waals surface area contributed by atoms with Crippen LogP contribution in [0.15, 0.2) is 48.5 Å². The maximum absolute atomic E-state index is 12.8. The van der Waals surface area contributed by atoms with Crippen LogP contribution in [0.25, 0.3) is 11.0 Å². The maximum Gasteiger partial charge on any atom is 0.201 e. The van der Waals surface area contributed by atoms with Crippen LogP contribution in [-0.2, 0) is 6.54 Å². The maximum atomic E-state index is 12.8. The number of hydrogen-bond donors (Lipinski definition) is 2. The Morgan fingerprint density at radius 2 is 1.83 bits per heavy atom. The summed E-state index contributed by atoms with van der Waals surface area (Å²) in [6, 6.07) is 14.3. The van der Waals surface area contributed by atoms with Crippen LogP contribution in [0, 0.1) is 5.82 Å². The number of nitrogens with zero attached hydrogens (tertiary/aromatic N) is 1. The lowest BCUT2D eigenvalue weighted by Gasteiger charge is -2.02. The van der Waals surface area contributed by atoms with Crippen molar-refractivity contribution in [2.75, 3.05) is 5.32 Å². The number of nitrogens with one attached hydrogen (secondary N) is 2. The summed E-state index contributed by atoms with van der Waals surface area (Å²) < 4.78 is 12.8. The van der Waals surface area contributed by atoms with Crippen molar-refractivity contribution in [1.29, 1.82) is 0 Å². The highest BCUT2D eigenvalue weighted by Gasteiger charge is 2.01. The van der Waals surface area contributed by atoms with Crippen molar-refractivity contribution in [3.63, 3.8) is 0 Å². The molecule has 1 heterocycles. The van der Waals surface area contributed by atoms with Gasteiger partial charge in [0.15, 0.2) is 0 Å². The second kappa shape index (κ2) is 4.49. The van der Waals surface area contributed by atoms with Gasteiger partial charge in [0.05, 0.1) is 11.0 Å². The molecular formula is C14H12FN3. The molecule has 90 valence electrons. The molecule has 0 saturated heterocycles. The van der Waals surface area contributed by atoms with Gasteiger partial charge in [-0.05, 0) is 29.8 Å². The summed E-state index contributed by atoms with van der Waals surface area (Å²) in [4.78, 5) is 7.59. The average Bonchev–Trinajstić information content (AvgIpc) is 2.81. The number of rotatable bonds is 3. The highest BCUT2D eigenvalue weighted by molar-refractivity contribution is 5.77. The van der Waals surface area contributed by atoms with E-state index in [0.29, 0.717) is 6.54 Å². The number of aromatic amines is 1. The van der Waals surface area contributed by atoms with E-state index in [0.717, 1.165) is 22.5 Å². The zero-order valence-corrected chi connectivity index (χ0v) is 9.65. The summed E-state index contributed by atoms with van der Waals surface area (Å²) in [5, 5.41) is 3.18. The number of anilines is 1. The molecule has 0 unspecified atom stereocenters. The number of aromatic nitrogens is 2. The van der Waals surface area contributed by atoms with Gasteiger partial charge in [-0.2, -0.15) is 0 Å². The minimum atomic E-state index is -0.220. The largest absolute Gasteiger partial charge is 0.352 e. The lowest BCUT2D eigenvalue weighted by molar-refractivity contribution is 0.627. The van der Waals surface area contributed by atoms with Crippen LogP contribution in [0.5, 0.6) is 0 Å². The van der Waals surface area contributed by atoms with Crippen LogP contribution >= 0.6 is 0 Å². The van der Waals surface area contributed by atoms with Gasteiger partial charge in [-0.1, -0.05) is 24.3 Å². The van der Waals surface area contributed by atoms with E-state index in [9.17, 15) is 4.39 Å². The van der Waals surface area contributed by atoms with Crippen LogP contribution in [-0.4, -0.2) is 9.97 Å². The third kappa shape index (κ3) is 2.18. The minimum Gasteiger partial charge on any atom is -0.352 e. The summed E-state index contributed by atoms with van der Waals surface area (Å²) in [6.07, 6.45) is 0. The Kier molecular flexibility index (Phi) is 2.68. The standard InChI is InChI=1S/C14H12FN3/c15-11-7-5-10(6-8-11)9-16-14-17-12-3-1-2-4-13(12)18-14/h1-8H,9H2,(H2,16,17,18). The van der Waals surface area contributed by atoms with Crippen molar-refractivity contribution in [2.45, 2.75) is 6.54 Å². The number of para-hydroxylation sites is 2. The van der Waals surface area contributed by atoms with Crippen LogP contribution < -0.4 is 5.32 Å². The summed E-state index contributed by atoms with van der Waals surface area (Å²) in [6.45, 7) is 0.611. The molecule has 0 aliphatic carbocycles. The third-order valence-corrected chi connectivity index (χ3v) is 2.76. The molecule has 2 N–H and O–H groups in total. The molecule has 0 spiro atoms. The number of benzene rings is 2. The van der Waals surface area contributed by atoms with E-state index in [2.05, 4.69) is 15.3 Å². The zero-order chi connectivity index (χ0) is 12.4. The molecule has 1 aromatic heterocycles. The highest BCUT2D eigenvalue weighted by Crippen LogP contribution is 2.14. The summed E-state index contributed by atoms with van der Waals surface area (Å²) in [5.74, 6) is 0.503. The highest BCUT2D eigenvalue weighted by atomic mass is 19.1. The number of imidazole rings is 1. The number of hydrogen-bond acceptors (Lipinski definition) is 2. The van der Waals surface area contributed by atoms with Crippen molar-refractivity contribution in [2.24, 2.45) is 0 Å². The molecule has 18 heavy (non-hydrogen) atoms. The fourth-order valence-corrected chi connectivity index (χ4v) is 1.82. The topological polar surface area (TPSA) is 40.7 Å². The third-order valence-electron chi connectivity index (χ3n) is 2.76. The number of H-pyrrole nitrogens is 1. The normalized spacial score (nSPS) is 10.7. The fraction of sp³-hybridized carbons (Fsp3) is 0.0714. The van der Waals surface area contributed by atoms with Gasteiger partial charge >= 0.3 is 0 Å². The zero-order valence-electron chi connectivity index (χ0n) is 9.65. The van der Waals surface area contributed by atoms with Gasteiger partial charge in [-0.3, -0.25) is 0 Å². The Hall–Kier alpha value is -2.36. The van der Waals surface area contributed by atoms with Gasteiger partial charge < -0.3 is 10.3 Å². The van der Waals surface area contributed by atoms with Gasteiger partial charge in [0.1, 0.15) is 5.82 Å². The van der Waals surface area contributed by atoms with Crippen LogP contribution in [0.1, 0.15) is 5.56 Å². The molecule has 0 fully saturated rings. The SMILES string of the molecule is Fc1ccc(CNc2nc3ccccc3[nH]2)cc1. The molecule has 0 aliphatic rings. The summed E-state index contributed by atoms with van der Waals surface area (Å²) in [7, 11) is 0. The number of halogens is 1. The van der Waals surface area contributed by atoms with Gasteiger partial charge in [0.2, 0.25) is 5.95 Å². The summed E-state index contributed by atoms with van der Waals surface area (Å²) in [5.41, 5.74) is 2.94. The monoisotopic (exact) mass is 241 g/mol. The molecular weight excluding hydrogens is 229 g/mol. The van der Waals surface area contributed by atoms with Crippen LogP contribution in [0.3, 0.4) is 0 Å². The first-order valence-electron chi connectivity index (χ1n) is 5.74. The molecule has 0 atom stereocenters. The van der Waals surface area contributed by atoms with Crippen molar-refractivity contribution in [1.82, 2.24) is 9.97 Å².